The fourth-order valence-corrected chi connectivity index (χ4v) is 1.38. The molecular formula is C7H5BrF2N2O3. The van der Waals surface area contributed by atoms with Crippen LogP contribution in [0.25, 0.3) is 0 Å². The maximum atomic E-state index is 12.3. The number of aromatic nitrogens is 1. The average molecular weight is 283 g/mol. The smallest absolute Gasteiger partial charge is 0.295 e. The molecule has 0 spiro atoms. The van der Waals surface area contributed by atoms with Gasteiger partial charge in [-0.15, -0.1) is 0 Å². The molecule has 0 radical (unpaired) electrons. The van der Waals surface area contributed by atoms with Crippen molar-refractivity contribution < 1.29 is 18.8 Å². The van der Waals surface area contributed by atoms with E-state index in [0.29, 0.717) is 6.07 Å². The lowest BCUT2D eigenvalue weighted by atomic mass is 10.2. The van der Waals surface area contributed by atoms with Crippen LogP contribution in [-0.4, -0.2) is 15.0 Å². The maximum Gasteiger partial charge on any atom is 0.295 e. The summed E-state index contributed by atoms with van der Waals surface area (Å²) in [6, 6.07) is 0.672. The van der Waals surface area contributed by atoms with Crippen molar-refractivity contribution in [3.8, 4) is 5.75 Å². The quantitative estimate of drug-likeness (QED) is 0.525. The third-order valence-corrected chi connectivity index (χ3v) is 2.15. The lowest BCUT2D eigenvalue weighted by Gasteiger charge is -2.05. The lowest BCUT2D eigenvalue weighted by molar-refractivity contribution is -0.385. The molecule has 0 saturated heterocycles. The summed E-state index contributed by atoms with van der Waals surface area (Å²) in [5.74, 6) is -0.874. The average Bonchev–Trinajstić information content (AvgIpc) is 2.16. The fraction of sp³-hybridized carbons (Fsp3) is 0.286. The fourth-order valence-electron chi connectivity index (χ4n) is 0.964. The van der Waals surface area contributed by atoms with E-state index in [9.17, 15) is 18.9 Å². The Balaban J connectivity index is 3.35. The summed E-state index contributed by atoms with van der Waals surface area (Å²) in [6.07, 6.45) is -2.97. The molecule has 0 fully saturated rings. The highest BCUT2D eigenvalue weighted by Gasteiger charge is 2.23. The van der Waals surface area contributed by atoms with E-state index in [-0.39, 0.29) is 11.0 Å². The van der Waals surface area contributed by atoms with Gasteiger partial charge in [0.15, 0.2) is 0 Å². The van der Waals surface area contributed by atoms with E-state index < -0.39 is 28.5 Å². The van der Waals surface area contributed by atoms with Crippen molar-refractivity contribution >= 4 is 21.6 Å². The molecule has 0 atom stereocenters. The standard InChI is InChI=1S/C7H5BrF2N2O3/c8-2-3-4(12(14)15)1-5(13)6(11-3)7(9)10/h1,7,13H,2H2. The molecule has 0 saturated carbocycles. The molecule has 8 heteroatoms. The summed E-state index contributed by atoms with van der Waals surface area (Å²) in [5.41, 5.74) is -1.49. The highest BCUT2D eigenvalue weighted by atomic mass is 79.9. The molecule has 0 bridgehead atoms. The normalized spacial score (nSPS) is 10.7. The minimum Gasteiger partial charge on any atom is -0.506 e. The SMILES string of the molecule is O=[N+]([O-])c1cc(O)c(C(F)F)nc1CBr. The number of rotatable bonds is 3. The van der Waals surface area contributed by atoms with E-state index in [1.807, 2.05) is 0 Å². The van der Waals surface area contributed by atoms with Gasteiger partial charge in [0.05, 0.1) is 16.3 Å². The maximum absolute atomic E-state index is 12.3. The number of nitro groups is 1. The van der Waals surface area contributed by atoms with E-state index in [2.05, 4.69) is 20.9 Å². The van der Waals surface area contributed by atoms with Crippen LogP contribution in [0.3, 0.4) is 0 Å². The molecule has 5 nitrogen and oxygen atoms in total. The zero-order valence-corrected chi connectivity index (χ0v) is 8.74. The number of alkyl halides is 3. The highest BCUT2D eigenvalue weighted by Crippen LogP contribution is 2.32. The molecule has 0 aliphatic rings. The van der Waals surface area contributed by atoms with Gasteiger partial charge >= 0.3 is 0 Å². The number of nitrogens with zero attached hydrogens (tertiary/aromatic N) is 2. The predicted molar refractivity (Wildman–Crippen MR) is 50.1 cm³/mol. The monoisotopic (exact) mass is 282 g/mol. The minimum atomic E-state index is -2.97. The van der Waals surface area contributed by atoms with Crippen LogP contribution >= 0.6 is 15.9 Å². The molecule has 1 aromatic heterocycles. The van der Waals surface area contributed by atoms with Crippen molar-refractivity contribution in [3.05, 3.63) is 27.6 Å². The Bertz CT molecular complexity index is 400. The van der Waals surface area contributed by atoms with Gasteiger partial charge in [0, 0.05) is 0 Å². The Morgan fingerprint density at radius 1 is 1.67 bits per heavy atom. The van der Waals surface area contributed by atoms with Gasteiger partial charge in [-0.25, -0.2) is 13.8 Å². The van der Waals surface area contributed by atoms with Crippen molar-refractivity contribution in [1.82, 2.24) is 4.98 Å². The van der Waals surface area contributed by atoms with Gasteiger partial charge in [-0.3, -0.25) is 10.1 Å². The molecule has 0 aliphatic heterocycles. The van der Waals surface area contributed by atoms with Crippen LogP contribution in [0.5, 0.6) is 5.75 Å². The van der Waals surface area contributed by atoms with Crippen molar-refractivity contribution in [2.24, 2.45) is 0 Å². The first-order chi connectivity index (χ1) is 6.97. The molecule has 0 unspecified atom stereocenters. The van der Waals surface area contributed by atoms with E-state index in [4.69, 9.17) is 5.11 Å². The minimum absolute atomic E-state index is 0.0384. The van der Waals surface area contributed by atoms with Gasteiger partial charge in [0.1, 0.15) is 17.1 Å². The number of aromatic hydroxyl groups is 1. The van der Waals surface area contributed by atoms with E-state index in [1.54, 1.807) is 0 Å². The topological polar surface area (TPSA) is 76.3 Å². The molecule has 1 N–H and O–H groups in total. The molecule has 0 amide bonds. The number of hydrogen-bond acceptors (Lipinski definition) is 4. The molecule has 0 aromatic carbocycles. The van der Waals surface area contributed by atoms with Crippen LogP contribution in [0.2, 0.25) is 0 Å². The first kappa shape index (κ1) is 11.8. The molecule has 1 heterocycles. The largest absolute Gasteiger partial charge is 0.506 e. The van der Waals surface area contributed by atoms with Gasteiger partial charge in [-0.05, 0) is 0 Å². The first-order valence-corrected chi connectivity index (χ1v) is 4.80. The lowest BCUT2D eigenvalue weighted by Crippen LogP contribution is -2.01. The van der Waals surface area contributed by atoms with Crippen molar-refractivity contribution in [1.29, 1.82) is 0 Å². The Hall–Kier alpha value is -1.31. The third kappa shape index (κ3) is 2.38. The Morgan fingerprint density at radius 2 is 2.27 bits per heavy atom. The first-order valence-electron chi connectivity index (χ1n) is 3.68. The summed E-state index contributed by atoms with van der Waals surface area (Å²) in [7, 11) is 0. The van der Waals surface area contributed by atoms with E-state index >= 15 is 0 Å². The second kappa shape index (κ2) is 4.47. The third-order valence-electron chi connectivity index (χ3n) is 1.62. The summed E-state index contributed by atoms with van der Waals surface area (Å²) in [6.45, 7) is 0. The van der Waals surface area contributed by atoms with Gasteiger partial charge in [-0.2, -0.15) is 0 Å². The highest BCUT2D eigenvalue weighted by molar-refractivity contribution is 9.08. The summed E-state index contributed by atoms with van der Waals surface area (Å²) in [4.78, 5) is 13.0. The summed E-state index contributed by atoms with van der Waals surface area (Å²) >= 11 is 2.89. The van der Waals surface area contributed by atoms with Gasteiger partial charge in [0.25, 0.3) is 12.1 Å². The molecular weight excluding hydrogens is 278 g/mol. The van der Waals surface area contributed by atoms with Gasteiger partial charge < -0.3 is 5.11 Å². The number of halogens is 3. The van der Waals surface area contributed by atoms with Crippen LogP contribution in [0.15, 0.2) is 6.07 Å². The second-order valence-electron chi connectivity index (χ2n) is 2.55. The molecule has 1 aromatic rings. The van der Waals surface area contributed by atoms with Gasteiger partial charge in [0.2, 0.25) is 0 Å². The van der Waals surface area contributed by atoms with Crippen LogP contribution < -0.4 is 0 Å². The van der Waals surface area contributed by atoms with Crippen LogP contribution in [0.1, 0.15) is 17.8 Å². The van der Waals surface area contributed by atoms with Crippen molar-refractivity contribution in [3.63, 3.8) is 0 Å². The molecule has 1 rings (SSSR count). The Morgan fingerprint density at radius 3 is 2.67 bits per heavy atom. The second-order valence-corrected chi connectivity index (χ2v) is 3.11. The van der Waals surface area contributed by atoms with Crippen molar-refractivity contribution in [2.75, 3.05) is 0 Å². The van der Waals surface area contributed by atoms with Crippen LogP contribution in [-0.2, 0) is 5.33 Å². The zero-order chi connectivity index (χ0) is 11.6. The van der Waals surface area contributed by atoms with E-state index in [1.165, 1.54) is 0 Å². The molecule has 82 valence electrons. The molecule has 15 heavy (non-hydrogen) atoms. The number of pyridine rings is 1. The Labute approximate surface area is 91.0 Å². The zero-order valence-electron chi connectivity index (χ0n) is 7.15. The van der Waals surface area contributed by atoms with Crippen molar-refractivity contribution in [2.45, 2.75) is 11.8 Å². The number of hydrogen-bond donors (Lipinski definition) is 1. The predicted octanol–water partition coefficient (Wildman–Crippen LogP) is 2.53. The molecule has 0 aliphatic carbocycles. The summed E-state index contributed by atoms with van der Waals surface area (Å²) in [5, 5.41) is 19.5. The Kier molecular flexibility index (Phi) is 3.51. The van der Waals surface area contributed by atoms with Gasteiger partial charge in [-0.1, -0.05) is 15.9 Å². The van der Waals surface area contributed by atoms with Crippen LogP contribution in [0.4, 0.5) is 14.5 Å². The van der Waals surface area contributed by atoms with Crippen LogP contribution in [0, 0.1) is 10.1 Å². The van der Waals surface area contributed by atoms with E-state index in [0.717, 1.165) is 0 Å². The summed E-state index contributed by atoms with van der Waals surface area (Å²) < 4.78 is 24.5.